The molecule has 3 N–H and O–H groups in total. The number of benzene rings is 1. The molecule has 0 spiro atoms. The largest absolute Gasteiger partial charge is 0.477 e. The Balaban J connectivity index is 1.71. The molecule has 5 rings (SSSR count). The van der Waals surface area contributed by atoms with E-state index in [-0.39, 0.29) is 36.6 Å². The lowest BCUT2D eigenvalue weighted by molar-refractivity contribution is 0.0126. The van der Waals surface area contributed by atoms with E-state index in [0.717, 1.165) is 23.3 Å². The molecule has 1 aromatic heterocycles. The Morgan fingerprint density at radius 2 is 2.13 bits per heavy atom. The van der Waals surface area contributed by atoms with E-state index in [9.17, 15) is 19.1 Å². The zero-order chi connectivity index (χ0) is 21.4. The summed E-state index contributed by atoms with van der Waals surface area (Å²) < 4.78 is 51.5. The maximum absolute atomic E-state index is 15.7. The number of carboxylic acids is 1. The van der Waals surface area contributed by atoms with Gasteiger partial charge in [-0.25, -0.2) is 18.0 Å². The van der Waals surface area contributed by atoms with E-state index in [2.05, 4.69) is 0 Å². The first-order valence-corrected chi connectivity index (χ1v) is 9.80. The number of aromatic nitrogens is 1. The number of pyridine rings is 1. The molecule has 0 bridgehead atoms. The van der Waals surface area contributed by atoms with Crippen LogP contribution in [0.3, 0.4) is 0 Å². The van der Waals surface area contributed by atoms with Gasteiger partial charge in [-0.15, -0.1) is 0 Å². The fourth-order valence-corrected chi connectivity index (χ4v) is 4.91. The smallest absolute Gasteiger partial charge is 0.341 e. The number of aromatic carboxylic acids is 1. The average molecular weight is 423 g/mol. The summed E-state index contributed by atoms with van der Waals surface area (Å²) in [6, 6.07) is 0.0503. The molecule has 3 heterocycles. The first-order valence-electron chi connectivity index (χ1n) is 9.80. The molecule has 2 unspecified atom stereocenters. The summed E-state index contributed by atoms with van der Waals surface area (Å²) >= 11 is 0. The zero-order valence-electron chi connectivity index (χ0n) is 15.9. The number of fused-ring (bicyclic) bond motifs is 2. The van der Waals surface area contributed by atoms with Gasteiger partial charge in [-0.05, 0) is 12.5 Å². The van der Waals surface area contributed by atoms with Gasteiger partial charge in [0.05, 0.1) is 16.9 Å². The number of alkyl halides is 1. The molecule has 1 aromatic carbocycles. The number of hydrogen-bond donors (Lipinski definition) is 2. The highest BCUT2D eigenvalue weighted by molar-refractivity contribution is 5.94. The molecule has 2 aromatic rings. The van der Waals surface area contributed by atoms with Crippen LogP contribution in [0.15, 0.2) is 17.1 Å². The van der Waals surface area contributed by atoms with Crippen molar-refractivity contribution in [1.82, 2.24) is 4.57 Å². The molecule has 7 nitrogen and oxygen atoms in total. The van der Waals surface area contributed by atoms with Crippen molar-refractivity contribution in [2.45, 2.75) is 30.7 Å². The van der Waals surface area contributed by atoms with Crippen LogP contribution < -0.4 is 16.1 Å². The Morgan fingerprint density at radius 1 is 1.40 bits per heavy atom. The van der Waals surface area contributed by atoms with Gasteiger partial charge < -0.3 is 25.0 Å². The van der Waals surface area contributed by atoms with Crippen LogP contribution in [0.25, 0.3) is 10.9 Å². The number of nitrogens with zero attached hydrogens (tertiary/aromatic N) is 2. The Morgan fingerprint density at radius 3 is 2.73 bits per heavy atom. The van der Waals surface area contributed by atoms with Gasteiger partial charge in [0.1, 0.15) is 28.8 Å². The van der Waals surface area contributed by atoms with Crippen molar-refractivity contribution in [3.63, 3.8) is 0 Å². The van der Waals surface area contributed by atoms with Crippen LogP contribution in [0.2, 0.25) is 0 Å². The van der Waals surface area contributed by atoms with E-state index >= 15 is 8.78 Å². The number of ether oxygens (including phenoxy) is 1. The van der Waals surface area contributed by atoms with Gasteiger partial charge in [-0.2, -0.15) is 0 Å². The minimum absolute atomic E-state index is 0.0206. The van der Waals surface area contributed by atoms with Crippen LogP contribution in [-0.2, 0) is 4.74 Å². The molecular formula is C20H20F3N3O4. The topological polar surface area (TPSA) is 97.8 Å². The number of carboxylic acid groups (broad SMARTS) is 1. The predicted octanol–water partition coefficient (Wildman–Crippen LogP) is 1.81. The van der Waals surface area contributed by atoms with Crippen LogP contribution in [0.1, 0.15) is 29.2 Å². The minimum Gasteiger partial charge on any atom is -0.477 e. The summed E-state index contributed by atoms with van der Waals surface area (Å²) in [7, 11) is 0. The van der Waals surface area contributed by atoms with Crippen LogP contribution in [0, 0.1) is 17.6 Å². The average Bonchev–Trinajstić information content (AvgIpc) is 3.12. The lowest BCUT2D eigenvalue weighted by atomic mass is 9.91. The highest BCUT2D eigenvalue weighted by atomic mass is 19.1. The first kappa shape index (κ1) is 19.4. The van der Waals surface area contributed by atoms with E-state index < -0.39 is 51.8 Å². The Bertz CT molecular complexity index is 1140. The third-order valence-corrected chi connectivity index (χ3v) is 6.61. The van der Waals surface area contributed by atoms with Crippen molar-refractivity contribution >= 4 is 22.6 Å². The van der Waals surface area contributed by atoms with Crippen molar-refractivity contribution in [3.8, 4) is 0 Å². The predicted molar refractivity (Wildman–Crippen MR) is 102 cm³/mol. The van der Waals surface area contributed by atoms with Crippen LogP contribution in [0.4, 0.5) is 18.9 Å². The highest BCUT2D eigenvalue weighted by Crippen LogP contribution is 2.45. The molecule has 2 saturated heterocycles. The van der Waals surface area contributed by atoms with Crippen molar-refractivity contribution < 1.29 is 27.8 Å². The molecule has 10 heteroatoms. The monoisotopic (exact) mass is 423 g/mol. The van der Waals surface area contributed by atoms with Gasteiger partial charge in [-0.1, -0.05) is 0 Å². The summed E-state index contributed by atoms with van der Waals surface area (Å²) in [6.45, 7) is 1.28. The van der Waals surface area contributed by atoms with Gasteiger partial charge in [0.2, 0.25) is 5.43 Å². The van der Waals surface area contributed by atoms with Crippen molar-refractivity contribution in [2.24, 2.45) is 11.7 Å². The summed E-state index contributed by atoms with van der Waals surface area (Å²) in [5.41, 5.74) is 2.93. The molecule has 30 heavy (non-hydrogen) atoms. The summed E-state index contributed by atoms with van der Waals surface area (Å²) in [5.74, 6) is -3.51. The molecule has 1 aliphatic carbocycles. The zero-order valence-corrected chi connectivity index (χ0v) is 15.9. The van der Waals surface area contributed by atoms with Gasteiger partial charge in [0.25, 0.3) is 0 Å². The second-order valence-electron chi connectivity index (χ2n) is 8.30. The lowest BCUT2D eigenvalue weighted by Crippen LogP contribution is -2.44. The Hall–Kier alpha value is -2.59. The molecule has 1 saturated carbocycles. The summed E-state index contributed by atoms with van der Waals surface area (Å²) in [5, 5.41) is 8.88. The third kappa shape index (κ3) is 2.59. The van der Waals surface area contributed by atoms with Crippen LogP contribution in [0.5, 0.6) is 0 Å². The minimum atomic E-state index is -1.54. The number of hydrogen-bond acceptors (Lipinski definition) is 5. The quantitative estimate of drug-likeness (QED) is 0.779. The lowest BCUT2D eigenvalue weighted by Gasteiger charge is -2.27. The van der Waals surface area contributed by atoms with Crippen molar-refractivity contribution in [3.05, 3.63) is 39.7 Å². The number of halogens is 3. The SMILES string of the molecule is NCC12CN(c3c(F)cc4c(=O)c(C(=O)O)cn([C@@H]5C[C@@H]5F)c4c3F)CC1CCO2. The molecule has 0 radical (unpaired) electrons. The molecule has 2 aliphatic heterocycles. The maximum Gasteiger partial charge on any atom is 0.341 e. The van der Waals surface area contributed by atoms with Crippen molar-refractivity contribution in [1.29, 1.82) is 0 Å². The first-order chi connectivity index (χ1) is 14.3. The number of anilines is 1. The second kappa shape index (κ2) is 6.45. The van der Waals surface area contributed by atoms with E-state index in [0.29, 0.717) is 13.2 Å². The van der Waals surface area contributed by atoms with Crippen LogP contribution in [-0.4, -0.2) is 53.7 Å². The third-order valence-electron chi connectivity index (χ3n) is 6.61. The van der Waals surface area contributed by atoms with E-state index in [1.54, 1.807) is 0 Å². The highest BCUT2D eigenvalue weighted by Gasteiger charge is 2.51. The van der Waals surface area contributed by atoms with Gasteiger partial charge in [-0.3, -0.25) is 4.79 Å². The van der Waals surface area contributed by atoms with E-state index in [1.165, 1.54) is 4.90 Å². The molecular weight excluding hydrogens is 403 g/mol. The Kier molecular flexibility index (Phi) is 4.17. The van der Waals surface area contributed by atoms with Crippen molar-refractivity contribution in [2.75, 3.05) is 31.1 Å². The summed E-state index contributed by atoms with van der Waals surface area (Å²) in [4.78, 5) is 25.5. The molecule has 3 fully saturated rings. The van der Waals surface area contributed by atoms with Gasteiger partial charge in [0.15, 0.2) is 5.82 Å². The van der Waals surface area contributed by atoms with Crippen LogP contribution >= 0.6 is 0 Å². The number of nitrogens with two attached hydrogens (primary N) is 1. The van der Waals surface area contributed by atoms with Gasteiger partial charge >= 0.3 is 5.97 Å². The van der Waals surface area contributed by atoms with E-state index in [1.807, 2.05) is 0 Å². The molecule has 3 aliphatic rings. The van der Waals surface area contributed by atoms with E-state index in [4.69, 9.17) is 10.5 Å². The molecule has 160 valence electrons. The fourth-order valence-electron chi connectivity index (χ4n) is 4.91. The number of carbonyl (C=O) groups is 1. The number of rotatable bonds is 4. The molecule has 0 amide bonds. The summed E-state index contributed by atoms with van der Waals surface area (Å²) in [6.07, 6.45) is 0.456. The maximum atomic E-state index is 15.7. The molecule has 4 atom stereocenters. The standard InChI is InChI=1S/C20H20F3N3O4/c21-12-4-14(12)26-6-11(19(28)29)18(27)10-3-13(22)17(15(23)16(10)26)25-5-9-1-2-30-20(9,7-24)8-25/h3,6,9,12,14H,1-2,4-5,7-8,24H2,(H,28,29)/t9?,12-,14+,20?/m0/s1. The second-order valence-corrected chi connectivity index (χ2v) is 8.30. The Labute approximate surface area is 168 Å². The normalized spacial score (nSPS) is 30.1. The fraction of sp³-hybridized carbons (Fsp3) is 0.500. The van der Waals surface area contributed by atoms with Gasteiger partial charge in [0, 0.05) is 44.8 Å².